The fraction of sp³-hybridized carbons (Fsp3) is 0.0400. The zero-order valence-electron chi connectivity index (χ0n) is 16.1. The van der Waals surface area contributed by atoms with Crippen molar-refractivity contribution >= 4 is 22.5 Å². The highest BCUT2D eigenvalue weighted by Gasteiger charge is 2.17. The number of anilines is 2. The molecular weight excluding hydrogens is 356 g/mol. The maximum atomic E-state index is 4.65. The van der Waals surface area contributed by atoms with E-state index in [2.05, 4.69) is 81.5 Å². The van der Waals surface area contributed by atoms with Gasteiger partial charge in [-0.3, -0.25) is 0 Å². The lowest BCUT2D eigenvalue weighted by atomic mass is 10.1. The van der Waals surface area contributed by atoms with Crippen molar-refractivity contribution in [2.24, 2.45) is 0 Å². The van der Waals surface area contributed by atoms with Crippen molar-refractivity contribution in [1.82, 2.24) is 14.5 Å². The number of para-hydroxylation sites is 1. The Labute approximate surface area is 169 Å². The van der Waals surface area contributed by atoms with Gasteiger partial charge in [0.15, 0.2) is 5.65 Å². The molecule has 0 saturated heterocycles. The van der Waals surface area contributed by atoms with Crippen molar-refractivity contribution in [3.05, 3.63) is 103 Å². The van der Waals surface area contributed by atoms with Crippen LogP contribution in [0.15, 0.2) is 97.5 Å². The summed E-state index contributed by atoms with van der Waals surface area (Å²) in [6.45, 7) is 2.10. The molecule has 2 aromatic heterocycles. The second-order valence-electron chi connectivity index (χ2n) is 7.03. The molecule has 0 bridgehead atoms. The van der Waals surface area contributed by atoms with Gasteiger partial charge in [0.05, 0.1) is 5.39 Å². The number of benzene rings is 3. The minimum atomic E-state index is 0.798. The quantitative estimate of drug-likeness (QED) is 0.410. The summed E-state index contributed by atoms with van der Waals surface area (Å²) in [5, 5.41) is 4.47. The van der Waals surface area contributed by atoms with Gasteiger partial charge in [0.25, 0.3) is 0 Å². The molecule has 0 atom stereocenters. The van der Waals surface area contributed by atoms with Crippen LogP contribution in [0.3, 0.4) is 0 Å². The molecule has 3 aromatic carbocycles. The van der Waals surface area contributed by atoms with Crippen molar-refractivity contribution < 1.29 is 0 Å². The Balaban J connectivity index is 1.77. The number of aromatic nitrogens is 3. The topological polar surface area (TPSA) is 42.7 Å². The monoisotopic (exact) mass is 376 g/mol. The second kappa shape index (κ2) is 7.24. The Bertz CT molecular complexity index is 1270. The Morgan fingerprint density at radius 3 is 2.31 bits per heavy atom. The smallest absolute Gasteiger partial charge is 0.150 e. The van der Waals surface area contributed by atoms with Gasteiger partial charge in [-0.15, -0.1) is 0 Å². The van der Waals surface area contributed by atoms with E-state index in [0.717, 1.165) is 39.4 Å². The summed E-state index contributed by atoms with van der Waals surface area (Å²) in [5.41, 5.74) is 6.40. The molecule has 29 heavy (non-hydrogen) atoms. The number of rotatable bonds is 4. The molecule has 0 aliphatic heterocycles. The number of nitrogens with zero attached hydrogens (tertiary/aromatic N) is 3. The normalized spacial score (nSPS) is 10.9. The standard InChI is InChI=1S/C25H20N4/c1-18-9-8-14-21(15-18)29-16-22(19-10-4-2-5-11-19)23-24(26-17-27-25(23)29)28-20-12-6-3-7-13-20/h2-17H,1H3,(H,26,27,28). The number of hydrogen-bond donors (Lipinski definition) is 1. The van der Waals surface area contributed by atoms with Crippen LogP contribution in [0.1, 0.15) is 5.56 Å². The van der Waals surface area contributed by atoms with Gasteiger partial charge in [-0.25, -0.2) is 9.97 Å². The molecule has 140 valence electrons. The molecule has 4 heteroatoms. The number of nitrogens with one attached hydrogen (secondary N) is 1. The predicted molar refractivity (Wildman–Crippen MR) is 119 cm³/mol. The average molecular weight is 376 g/mol. The van der Waals surface area contributed by atoms with Gasteiger partial charge in [0.2, 0.25) is 0 Å². The maximum Gasteiger partial charge on any atom is 0.150 e. The van der Waals surface area contributed by atoms with Crippen LogP contribution in [0.25, 0.3) is 27.8 Å². The molecule has 0 saturated carbocycles. The first kappa shape index (κ1) is 17.2. The molecular formula is C25H20N4. The van der Waals surface area contributed by atoms with Gasteiger partial charge in [-0.1, -0.05) is 60.7 Å². The fourth-order valence-corrected chi connectivity index (χ4v) is 3.63. The highest BCUT2D eigenvalue weighted by Crippen LogP contribution is 2.36. The summed E-state index contributed by atoms with van der Waals surface area (Å²) in [4.78, 5) is 9.22. The van der Waals surface area contributed by atoms with Crippen LogP contribution >= 0.6 is 0 Å². The average Bonchev–Trinajstić information content (AvgIpc) is 3.16. The highest BCUT2D eigenvalue weighted by atomic mass is 15.1. The predicted octanol–water partition coefficient (Wildman–Crippen LogP) is 6.14. The van der Waals surface area contributed by atoms with Crippen LogP contribution in [0, 0.1) is 6.92 Å². The SMILES string of the molecule is Cc1cccc(-n2cc(-c3ccccc3)c3c(Nc4ccccc4)ncnc32)c1. The van der Waals surface area contributed by atoms with E-state index in [1.54, 1.807) is 6.33 Å². The van der Waals surface area contributed by atoms with Gasteiger partial charge in [-0.05, 0) is 42.3 Å². The highest BCUT2D eigenvalue weighted by molar-refractivity contribution is 6.03. The fourth-order valence-electron chi connectivity index (χ4n) is 3.63. The lowest BCUT2D eigenvalue weighted by molar-refractivity contribution is 1.07. The number of hydrogen-bond acceptors (Lipinski definition) is 3. The molecule has 2 heterocycles. The minimum Gasteiger partial charge on any atom is -0.340 e. The molecule has 5 rings (SSSR count). The zero-order valence-corrected chi connectivity index (χ0v) is 16.1. The molecule has 4 nitrogen and oxygen atoms in total. The van der Waals surface area contributed by atoms with Crippen LogP contribution in [-0.2, 0) is 0 Å². The molecule has 0 spiro atoms. The Morgan fingerprint density at radius 1 is 0.793 bits per heavy atom. The van der Waals surface area contributed by atoms with Crippen LogP contribution in [-0.4, -0.2) is 14.5 Å². The Kier molecular flexibility index (Phi) is 4.30. The van der Waals surface area contributed by atoms with Gasteiger partial charge in [-0.2, -0.15) is 0 Å². The third-order valence-corrected chi connectivity index (χ3v) is 4.98. The first-order valence-corrected chi connectivity index (χ1v) is 9.60. The third kappa shape index (κ3) is 3.25. The van der Waals surface area contributed by atoms with E-state index in [0.29, 0.717) is 0 Å². The zero-order chi connectivity index (χ0) is 19.6. The molecule has 1 N–H and O–H groups in total. The second-order valence-corrected chi connectivity index (χ2v) is 7.03. The molecule has 0 aliphatic carbocycles. The summed E-state index contributed by atoms with van der Waals surface area (Å²) in [5.74, 6) is 0.798. The lowest BCUT2D eigenvalue weighted by Crippen LogP contribution is -1.98. The van der Waals surface area contributed by atoms with Crippen molar-refractivity contribution in [3.63, 3.8) is 0 Å². The molecule has 0 amide bonds. The van der Waals surface area contributed by atoms with E-state index in [-0.39, 0.29) is 0 Å². The molecule has 0 unspecified atom stereocenters. The third-order valence-electron chi connectivity index (χ3n) is 4.98. The summed E-state index contributed by atoms with van der Waals surface area (Å²) in [7, 11) is 0. The van der Waals surface area contributed by atoms with Gasteiger partial charge < -0.3 is 9.88 Å². The largest absolute Gasteiger partial charge is 0.340 e. The molecule has 0 aliphatic rings. The number of aryl methyl sites for hydroxylation is 1. The molecule has 0 radical (unpaired) electrons. The van der Waals surface area contributed by atoms with E-state index < -0.39 is 0 Å². The first-order chi connectivity index (χ1) is 14.3. The first-order valence-electron chi connectivity index (χ1n) is 9.60. The van der Waals surface area contributed by atoms with Gasteiger partial charge in [0, 0.05) is 23.1 Å². The molecule has 0 fully saturated rings. The van der Waals surface area contributed by atoms with Crippen LogP contribution < -0.4 is 5.32 Å². The van der Waals surface area contributed by atoms with Crippen molar-refractivity contribution in [1.29, 1.82) is 0 Å². The van der Waals surface area contributed by atoms with Crippen LogP contribution in [0.4, 0.5) is 11.5 Å². The van der Waals surface area contributed by atoms with Gasteiger partial charge in [0.1, 0.15) is 12.1 Å². The van der Waals surface area contributed by atoms with E-state index in [4.69, 9.17) is 0 Å². The lowest BCUT2D eigenvalue weighted by Gasteiger charge is -2.09. The van der Waals surface area contributed by atoms with Crippen molar-refractivity contribution in [3.8, 4) is 16.8 Å². The summed E-state index contributed by atoms with van der Waals surface area (Å²) in [6, 6.07) is 28.9. The maximum absolute atomic E-state index is 4.65. The summed E-state index contributed by atoms with van der Waals surface area (Å²) < 4.78 is 2.14. The Hall–Kier alpha value is -3.92. The van der Waals surface area contributed by atoms with Crippen LogP contribution in [0.5, 0.6) is 0 Å². The van der Waals surface area contributed by atoms with E-state index in [9.17, 15) is 0 Å². The van der Waals surface area contributed by atoms with E-state index in [1.807, 2.05) is 36.4 Å². The number of fused-ring (bicyclic) bond motifs is 1. The molecule has 5 aromatic rings. The van der Waals surface area contributed by atoms with E-state index in [1.165, 1.54) is 5.56 Å². The minimum absolute atomic E-state index is 0.798. The van der Waals surface area contributed by atoms with Gasteiger partial charge >= 0.3 is 0 Å². The summed E-state index contributed by atoms with van der Waals surface area (Å²) in [6.07, 6.45) is 3.77. The summed E-state index contributed by atoms with van der Waals surface area (Å²) >= 11 is 0. The van der Waals surface area contributed by atoms with Crippen molar-refractivity contribution in [2.45, 2.75) is 6.92 Å². The van der Waals surface area contributed by atoms with Crippen molar-refractivity contribution in [2.75, 3.05) is 5.32 Å². The van der Waals surface area contributed by atoms with Crippen LogP contribution in [0.2, 0.25) is 0 Å². The van der Waals surface area contributed by atoms with E-state index >= 15 is 0 Å². The Morgan fingerprint density at radius 2 is 1.55 bits per heavy atom.